The van der Waals surface area contributed by atoms with E-state index < -0.39 is 5.41 Å². The maximum atomic E-state index is 13.1. The molecule has 4 aliphatic carbocycles. The average molecular weight is 419 g/mol. The summed E-state index contributed by atoms with van der Waals surface area (Å²) in [5.41, 5.74) is 5.88. The fraction of sp³-hybridized carbons (Fsp3) is 0.619. The highest BCUT2D eigenvalue weighted by atomic mass is 79.9. The SMILES string of the molecule is CC(C)(C(=O)NC1[C@@H]2CC3C[C@H]1CC(C(N)=O)(C3)C2)c1ccc(Br)cc1. The summed E-state index contributed by atoms with van der Waals surface area (Å²) in [5, 5.41) is 3.37. The molecule has 3 N–H and O–H groups in total. The second kappa shape index (κ2) is 6.08. The molecule has 2 amide bonds. The quantitative estimate of drug-likeness (QED) is 0.784. The molecule has 0 radical (unpaired) electrons. The first-order chi connectivity index (χ1) is 12.2. The van der Waals surface area contributed by atoms with Crippen molar-refractivity contribution in [2.45, 2.75) is 57.4 Å². The second-order valence-electron chi connectivity index (χ2n) is 9.25. The van der Waals surface area contributed by atoms with Crippen LogP contribution in [0.1, 0.15) is 51.5 Å². The Balaban J connectivity index is 1.52. The number of carbonyl (C=O) groups excluding carboxylic acids is 2. The molecule has 0 aromatic heterocycles. The first-order valence-corrected chi connectivity index (χ1v) is 10.4. The molecule has 0 heterocycles. The zero-order valence-corrected chi connectivity index (χ0v) is 17.0. The number of halogens is 1. The smallest absolute Gasteiger partial charge is 0.230 e. The van der Waals surface area contributed by atoms with Crippen molar-refractivity contribution < 1.29 is 9.59 Å². The van der Waals surface area contributed by atoms with Gasteiger partial charge in [-0.1, -0.05) is 28.1 Å². The molecular weight excluding hydrogens is 392 g/mol. The summed E-state index contributed by atoms with van der Waals surface area (Å²) in [7, 11) is 0. The molecule has 3 unspecified atom stereocenters. The summed E-state index contributed by atoms with van der Waals surface area (Å²) in [4.78, 5) is 25.2. The molecule has 0 spiro atoms. The van der Waals surface area contributed by atoms with Crippen LogP contribution < -0.4 is 11.1 Å². The minimum Gasteiger partial charge on any atom is -0.369 e. The Hall–Kier alpha value is -1.36. The van der Waals surface area contributed by atoms with Gasteiger partial charge in [0.25, 0.3) is 0 Å². The van der Waals surface area contributed by atoms with Crippen molar-refractivity contribution in [1.29, 1.82) is 0 Å². The van der Waals surface area contributed by atoms with Gasteiger partial charge in [-0.3, -0.25) is 9.59 Å². The molecule has 4 saturated carbocycles. The van der Waals surface area contributed by atoms with E-state index in [0.717, 1.165) is 42.1 Å². The van der Waals surface area contributed by atoms with Gasteiger partial charge in [-0.05, 0) is 81.4 Å². The van der Waals surface area contributed by atoms with E-state index in [0.29, 0.717) is 17.8 Å². The number of benzene rings is 1. The highest BCUT2D eigenvalue weighted by molar-refractivity contribution is 9.10. The molecule has 4 nitrogen and oxygen atoms in total. The van der Waals surface area contributed by atoms with Gasteiger partial charge >= 0.3 is 0 Å². The van der Waals surface area contributed by atoms with Crippen molar-refractivity contribution in [2.75, 3.05) is 0 Å². The molecule has 4 aliphatic rings. The summed E-state index contributed by atoms with van der Waals surface area (Å²) in [5.74, 6) is 1.33. The zero-order valence-electron chi connectivity index (χ0n) is 15.4. The Labute approximate surface area is 163 Å². The Bertz CT molecular complexity index is 727. The summed E-state index contributed by atoms with van der Waals surface area (Å²) in [6, 6.07) is 8.14. The van der Waals surface area contributed by atoms with Crippen molar-refractivity contribution in [2.24, 2.45) is 28.9 Å². The first-order valence-electron chi connectivity index (χ1n) is 9.58. The molecule has 0 aliphatic heterocycles. The summed E-state index contributed by atoms with van der Waals surface area (Å²) in [6.45, 7) is 3.96. The van der Waals surface area contributed by atoms with Crippen LogP contribution in [0.3, 0.4) is 0 Å². The van der Waals surface area contributed by atoms with E-state index in [4.69, 9.17) is 5.73 Å². The standard InChI is InChI=1S/C21H27BrN2O2/c1-20(2,15-3-5-16(22)6-4-15)19(26)24-17-13-7-12-8-14(17)11-21(9-12,10-13)18(23)25/h3-6,12-14,17H,7-11H2,1-2H3,(H2,23,25)(H,24,26)/t12?,13-,14+,17?,21?. The van der Waals surface area contributed by atoms with Crippen LogP contribution in [0.2, 0.25) is 0 Å². The minimum absolute atomic E-state index is 0.0745. The van der Waals surface area contributed by atoms with Crippen LogP contribution in [0.15, 0.2) is 28.7 Å². The number of hydrogen-bond donors (Lipinski definition) is 2. The molecule has 5 heteroatoms. The number of hydrogen-bond acceptors (Lipinski definition) is 2. The van der Waals surface area contributed by atoms with E-state index in [1.54, 1.807) is 0 Å². The van der Waals surface area contributed by atoms with E-state index in [2.05, 4.69) is 21.2 Å². The molecule has 0 saturated heterocycles. The predicted molar refractivity (Wildman–Crippen MR) is 104 cm³/mol. The van der Waals surface area contributed by atoms with Gasteiger partial charge in [-0.15, -0.1) is 0 Å². The van der Waals surface area contributed by atoms with E-state index >= 15 is 0 Å². The Morgan fingerprint density at radius 3 is 2.23 bits per heavy atom. The fourth-order valence-corrected chi connectivity index (χ4v) is 6.16. The van der Waals surface area contributed by atoms with E-state index in [9.17, 15) is 9.59 Å². The lowest BCUT2D eigenvalue weighted by Gasteiger charge is -2.59. The van der Waals surface area contributed by atoms with Gasteiger partial charge in [-0.2, -0.15) is 0 Å². The Morgan fingerprint density at radius 2 is 1.69 bits per heavy atom. The Kier molecular flexibility index (Phi) is 4.22. The van der Waals surface area contributed by atoms with Crippen molar-refractivity contribution in [3.05, 3.63) is 34.3 Å². The van der Waals surface area contributed by atoms with Crippen molar-refractivity contribution in [3.8, 4) is 0 Å². The summed E-state index contributed by atoms with van der Waals surface area (Å²) < 4.78 is 1.01. The molecule has 4 bridgehead atoms. The number of primary amides is 1. The predicted octanol–water partition coefficient (Wildman–Crippen LogP) is 3.52. The third kappa shape index (κ3) is 2.79. The number of rotatable bonds is 4. The van der Waals surface area contributed by atoms with Crippen LogP contribution in [-0.2, 0) is 15.0 Å². The van der Waals surface area contributed by atoms with Gasteiger partial charge in [-0.25, -0.2) is 0 Å². The van der Waals surface area contributed by atoms with Gasteiger partial charge < -0.3 is 11.1 Å². The van der Waals surface area contributed by atoms with Crippen LogP contribution in [0, 0.1) is 23.2 Å². The molecule has 26 heavy (non-hydrogen) atoms. The van der Waals surface area contributed by atoms with Gasteiger partial charge in [0, 0.05) is 15.9 Å². The van der Waals surface area contributed by atoms with Crippen LogP contribution >= 0.6 is 15.9 Å². The van der Waals surface area contributed by atoms with Crippen LogP contribution in [0.4, 0.5) is 0 Å². The number of carbonyl (C=O) groups is 2. The summed E-state index contributed by atoms with van der Waals surface area (Å²) in [6.07, 6.45) is 4.89. The number of nitrogens with two attached hydrogens (primary N) is 1. The van der Waals surface area contributed by atoms with Crippen molar-refractivity contribution >= 4 is 27.7 Å². The highest BCUT2D eigenvalue weighted by Crippen LogP contribution is 2.60. The van der Waals surface area contributed by atoms with Gasteiger partial charge in [0.2, 0.25) is 11.8 Å². The van der Waals surface area contributed by atoms with E-state index in [1.165, 1.54) is 0 Å². The maximum Gasteiger partial charge on any atom is 0.230 e. The van der Waals surface area contributed by atoms with Gasteiger partial charge in [0.1, 0.15) is 0 Å². The topological polar surface area (TPSA) is 72.2 Å². The van der Waals surface area contributed by atoms with Crippen molar-refractivity contribution in [1.82, 2.24) is 5.32 Å². The molecule has 1 aromatic rings. The van der Waals surface area contributed by atoms with E-state index in [-0.39, 0.29) is 23.3 Å². The maximum absolute atomic E-state index is 13.1. The van der Waals surface area contributed by atoms with Crippen LogP contribution in [-0.4, -0.2) is 17.9 Å². The van der Waals surface area contributed by atoms with Crippen LogP contribution in [0.5, 0.6) is 0 Å². The monoisotopic (exact) mass is 418 g/mol. The average Bonchev–Trinajstić information content (AvgIpc) is 2.57. The summed E-state index contributed by atoms with van der Waals surface area (Å²) >= 11 is 3.45. The lowest BCUT2D eigenvalue weighted by atomic mass is 9.47. The van der Waals surface area contributed by atoms with E-state index in [1.807, 2.05) is 38.1 Å². The Morgan fingerprint density at radius 1 is 1.12 bits per heavy atom. The second-order valence-corrected chi connectivity index (χ2v) is 10.2. The molecule has 140 valence electrons. The zero-order chi connectivity index (χ0) is 18.7. The lowest BCUT2D eigenvalue weighted by Crippen LogP contribution is -2.63. The largest absolute Gasteiger partial charge is 0.369 e. The van der Waals surface area contributed by atoms with Gasteiger partial charge in [0.05, 0.1) is 5.41 Å². The highest BCUT2D eigenvalue weighted by Gasteiger charge is 2.58. The third-order valence-electron chi connectivity index (χ3n) is 7.23. The van der Waals surface area contributed by atoms with Crippen molar-refractivity contribution in [3.63, 3.8) is 0 Å². The molecular formula is C21H27BrN2O2. The van der Waals surface area contributed by atoms with Gasteiger partial charge in [0.15, 0.2) is 0 Å². The third-order valence-corrected chi connectivity index (χ3v) is 7.76. The minimum atomic E-state index is -0.587. The molecule has 1 aromatic carbocycles. The normalized spacial score (nSPS) is 35.3. The molecule has 5 atom stereocenters. The number of nitrogens with one attached hydrogen (secondary N) is 1. The van der Waals surface area contributed by atoms with Crippen LogP contribution in [0.25, 0.3) is 0 Å². The number of amides is 2. The first kappa shape index (κ1) is 18.0. The fourth-order valence-electron chi connectivity index (χ4n) is 5.89. The lowest BCUT2D eigenvalue weighted by molar-refractivity contribution is -0.148. The molecule has 4 fully saturated rings. The molecule has 5 rings (SSSR count).